The third-order valence-electron chi connectivity index (χ3n) is 3.69. The molecule has 5 nitrogen and oxygen atoms in total. The van der Waals surface area contributed by atoms with Crippen LogP contribution in [0.2, 0.25) is 0 Å². The molecule has 1 saturated heterocycles. The van der Waals surface area contributed by atoms with Gasteiger partial charge in [-0.3, -0.25) is 4.79 Å². The van der Waals surface area contributed by atoms with Crippen LogP contribution in [-0.4, -0.2) is 48.5 Å². The third kappa shape index (κ3) is 7.35. The molecule has 1 aromatic rings. The summed E-state index contributed by atoms with van der Waals surface area (Å²) in [6, 6.07) is 0. The molecule has 0 radical (unpaired) electrons. The molecule has 2 rings (SSSR count). The smallest absolute Gasteiger partial charge is 0.270 e. The Morgan fingerprint density at radius 2 is 2.26 bits per heavy atom. The Kier molecular flexibility index (Phi) is 11.0. The van der Waals surface area contributed by atoms with Crippen molar-refractivity contribution in [2.75, 3.05) is 32.7 Å². The molecule has 3 N–H and O–H groups in total. The fourth-order valence-corrected chi connectivity index (χ4v) is 3.54. The van der Waals surface area contributed by atoms with E-state index in [0.717, 1.165) is 37.6 Å². The van der Waals surface area contributed by atoms with Gasteiger partial charge in [0.1, 0.15) is 5.69 Å². The Labute approximate surface area is 155 Å². The van der Waals surface area contributed by atoms with E-state index >= 15 is 0 Å². The van der Waals surface area contributed by atoms with Gasteiger partial charge in [0.15, 0.2) is 0 Å². The number of hydrogen-bond donors (Lipinski definition) is 2. The summed E-state index contributed by atoms with van der Waals surface area (Å²) in [6.45, 7) is 9.20. The predicted octanol–water partition coefficient (Wildman–Crippen LogP) is 2.20. The van der Waals surface area contributed by atoms with Gasteiger partial charge in [0.25, 0.3) is 5.91 Å². The van der Waals surface area contributed by atoms with Gasteiger partial charge < -0.3 is 16.0 Å². The molecule has 1 amide bonds. The Balaban J connectivity index is 0.00000242. The summed E-state index contributed by atoms with van der Waals surface area (Å²) in [5, 5.41) is 5.77. The van der Waals surface area contributed by atoms with Crippen LogP contribution in [0.4, 0.5) is 0 Å². The maximum atomic E-state index is 12.1. The topological polar surface area (TPSA) is 71.2 Å². The molecular weight excluding hydrogens is 355 g/mol. The van der Waals surface area contributed by atoms with E-state index < -0.39 is 0 Å². The Hall–Kier alpha value is -0.400. The van der Waals surface area contributed by atoms with Crippen molar-refractivity contribution >= 4 is 42.1 Å². The van der Waals surface area contributed by atoms with Gasteiger partial charge in [0, 0.05) is 31.4 Å². The fraction of sp³-hybridized carbons (Fsp3) is 0.733. The number of hydrogen-bond acceptors (Lipinski definition) is 5. The lowest BCUT2D eigenvalue weighted by molar-refractivity contribution is 0.0942. The number of nitrogens with two attached hydrogens (primary N) is 1. The second-order valence-electron chi connectivity index (χ2n) is 6.18. The molecule has 1 unspecified atom stereocenters. The monoisotopic (exact) mass is 382 g/mol. The molecule has 0 aliphatic carbocycles. The Bertz CT molecular complexity index is 470. The highest BCUT2D eigenvalue weighted by Crippen LogP contribution is 2.17. The van der Waals surface area contributed by atoms with Crippen molar-refractivity contribution in [3.8, 4) is 0 Å². The van der Waals surface area contributed by atoms with Crippen LogP contribution < -0.4 is 11.1 Å². The van der Waals surface area contributed by atoms with Crippen LogP contribution in [0.15, 0.2) is 5.38 Å². The Morgan fingerprint density at radius 3 is 2.91 bits per heavy atom. The van der Waals surface area contributed by atoms with Gasteiger partial charge in [0.05, 0.1) is 5.01 Å². The van der Waals surface area contributed by atoms with Gasteiger partial charge in [0.2, 0.25) is 0 Å². The van der Waals surface area contributed by atoms with Gasteiger partial charge >= 0.3 is 0 Å². The normalized spacial score (nSPS) is 17.7. The highest BCUT2D eigenvalue weighted by atomic mass is 35.5. The first kappa shape index (κ1) is 22.6. The first-order valence-electron chi connectivity index (χ1n) is 7.73. The average Bonchev–Trinajstić information content (AvgIpc) is 3.05. The quantitative estimate of drug-likeness (QED) is 0.757. The lowest BCUT2D eigenvalue weighted by Crippen LogP contribution is -2.32. The van der Waals surface area contributed by atoms with Crippen LogP contribution in [0.1, 0.15) is 35.8 Å². The van der Waals surface area contributed by atoms with E-state index in [4.69, 9.17) is 5.73 Å². The zero-order chi connectivity index (χ0) is 15.2. The van der Waals surface area contributed by atoms with Gasteiger partial charge in [-0.15, -0.1) is 36.2 Å². The fourth-order valence-electron chi connectivity index (χ4n) is 2.74. The van der Waals surface area contributed by atoms with E-state index in [2.05, 4.69) is 29.0 Å². The number of carbonyl (C=O) groups is 1. The molecule has 8 heteroatoms. The first-order chi connectivity index (χ1) is 10.1. The molecule has 134 valence electrons. The highest BCUT2D eigenvalue weighted by molar-refractivity contribution is 7.09. The molecule has 0 spiro atoms. The number of halogens is 2. The average molecular weight is 383 g/mol. The van der Waals surface area contributed by atoms with E-state index in [1.807, 2.05) is 5.38 Å². The summed E-state index contributed by atoms with van der Waals surface area (Å²) in [4.78, 5) is 18.9. The van der Waals surface area contributed by atoms with Crippen molar-refractivity contribution in [3.63, 3.8) is 0 Å². The first-order valence-corrected chi connectivity index (χ1v) is 8.61. The lowest BCUT2D eigenvalue weighted by atomic mass is 10.1. The van der Waals surface area contributed by atoms with Crippen molar-refractivity contribution in [2.45, 2.75) is 26.7 Å². The van der Waals surface area contributed by atoms with Gasteiger partial charge in [-0.2, -0.15) is 0 Å². The SMILES string of the molecule is CC(C)CN1CCC(CNC(=O)c2csc(CCN)n2)C1.Cl.Cl. The molecule has 0 saturated carbocycles. The summed E-state index contributed by atoms with van der Waals surface area (Å²) in [5.74, 6) is 1.21. The van der Waals surface area contributed by atoms with E-state index in [0.29, 0.717) is 24.1 Å². The molecule has 1 aliphatic rings. The summed E-state index contributed by atoms with van der Waals surface area (Å²) in [7, 11) is 0. The van der Waals surface area contributed by atoms with Gasteiger partial charge in [-0.25, -0.2) is 4.98 Å². The molecule has 1 aromatic heterocycles. The van der Waals surface area contributed by atoms with E-state index in [-0.39, 0.29) is 30.7 Å². The largest absolute Gasteiger partial charge is 0.350 e. The van der Waals surface area contributed by atoms with Crippen LogP contribution in [0.3, 0.4) is 0 Å². The van der Waals surface area contributed by atoms with Crippen molar-refractivity contribution < 1.29 is 4.79 Å². The van der Waals surface area contributed by atoms with Crippen LogP contribution >= 0.6 is 36.2 Å². The minimum absolute atomic E-state index is 0. The molecule has 23 heavy (non-hydrogen) atoms. The van der Waals surface area contributed by atoms with Crippen LogP contribution in [0.5, 0.6) is 0 Å². The molecule has 0 aromatic carbocycles. The minimum atomic E-state index is -0.0585. The number of nitrogens with one attached hydrogen (secondary N) is 1. The van der Waals surface area contributed by atoms with Gasteiger partial charge in [-0.05, 0) is 31.3 Å². The van der Waals surface area contributed by atoms with E-state index in [1.165, 1.54) is 17.8 Å². The van der Waals surface area contributed by atoms with E-state index in [1.54, 1.807) is 0 Å². The van der Waals surface area contributed by atoms with Crippen molar-refractivity contribution in [2.24, 2.45) is 17.6 Å². The standard InChI is InChI=1S/C15H26N4OS.2ClH/c1-11(2)8-19-6-4-12(9-19)7-17-15(20)13-10-21-14(18-13)3-5-16;;/h10-12H,3-9,16H2,1-2H3,(H,17,20);2*1H. The van der Waals surface area contributed by atoms with Crippen LogP contribution in [0.25, 0.3) is 0 Å². The predicted molar refractivity (Wildman–Crippen MR) is 101 cm³/mol. The maximum Gasteiger partial charge on any atom is 0.270 e. The second kappa shape index (κ2) is 11.2. The van der Waals surface area contributed by atoms with Crippen LogP contribution in [0, 0.1) is 11.8 Å². The number of carbonyl (C=O) groups excluding carboxylic acids is 1. The number of likely N-dealkylation sites (tertiary alicyclic amines) is 1. The maximum absolute atomic E-state index is 12.1. The lowest BCUT2D eigenvalue weighted by Gasteiger charge is -2.18. The zero-order valence-electron chi connectivity index (χ0n) is 13.8. The van der Waals surface area contributed by atoms with Crippen molar-refractivity contribution in [1.29, 1.82) is 0 Å². The number of rotatable bonds is 7. The molecule has 1 atom stereocenters. The summed E-state index contributed by atoms with van der Waals surface area (Å²) in [6.07, 6.45) is 1.91. The second-order valence-corrected chi connectivity index (χ2v) is 7.13. The van der Waals surface area contributed by atoms with Crippen molar-refractivity contribution in [3.05, 3.63) is 16.1 Å². The molecule has 1 fully saturated rings. The number of aromatic nitrogens is 1. The summed E-state index contributed by atoms with van der Waals surface area (Å²) >= 11 is 1.51. The van der Waals surface area contributed by atoms with E-state index in [9.17, 15) is 4.79 Å². The molecule has 0 bridgehead atoms. The molecule has 2 heterocycles. The van der Waals surface area contributed by atoms with Crippen molar-refractivity contribution in [1.82, 2.24) is 15.2 Å². The van der Waals surface area contributed by atoms with Crippen LogP contribution in [-0.2, 0) is 6.42 Å². The molecule has 1 aliphatic heterocycles. The summed E-state index contributed by atoms with van der Waals surface area (Å²) in [5.41, 5.74) is 6.02. The third-order valence-corrected chi connectivity index (χ3v) is 4.60. The number of thiazole rings is 1. The van der Waals surface area contributed by atoms with Gasteiger partial charge in [-0.1, -0.05) is 13.8 Å². The number of nitrogens with zero attached hydrogens (tertiary/aromatic N) is 2. The highest BCUT2D eigenvalue weighted by Gasteiger charge is 2.23. The Morgan fingerprint density at radius 1 is 1.52 bits per heavy atom. The minimum Gasteiger partial charge on any atom is -0.350 e. The summed E-state index contributed by atoms with van der Waals surface area (Å²) < 4.78 is 0. The molecular formula is C15H28Cl2N4OS. The number of amides is 1. The zero-order valence-corrected chi connectivity index (χ0v) is 16.2.